The summed E-state index contributed by atoms with van der Waals surface area (Å²) in [6.45, 7) is -1.83. The van der Waals surface area contributed by atoms with E-state index in [1.165, 1.54) is 0 Å². The first-order valence-electron chi connectivity index (χ1n) is 8.80. The monoisotopic (exact) mass is 411 g/mol. The third-order valence-corrected chi connectivity index (χ3v) is 5.01. The Balaban J connectivity index is 1.84. The van der Waals surface area contributed by atoms with Crippen molar-refractivity contribution >= 4 is 11.7 Å². The van der Waals surface area contributed by atoms with Crippen LogP contribution in [-0.2, 0) is 6.42 Å². The van der Waals surface area contributed by atoms with Gasteiger partial charge in [0.25, 0.3) is 0 Å². The van der Waals surface area contributed by atoms with Gasteiger partial charge in [0.15, 0.2) is 5.41 Å². The minimum atomic E-state index is -5.46. The summed E-state index contributed by atoms with van der Waals surface area (Å²) in [5.74, 6) is 0. The van der Waals surface area contributed by atoms with E-state index in [1.807, 2.05) is 43.3 Å². The molecule has 158 valence electrons. The van der Waals surface area contributed by atoms with Crippen molar-refractivity contribution in [3.63, 3.8) is 0 Å². The van der Waals surface area contributed by atoms with Gasteiger partial charge >= 0.3 is 18.4 Å². The maximum atomic E-state index is 13.0. The van der Waals surface area contributed by atoms with Crippen LogP contribution in [0.2, 0.25) is 0 Å². The molecule has 1 heterocycles. The van der Waals surface area contributed by atoms with Crippen LogP contribution in [0.15, 0.2) is 24.3 Å². The molecule has 0 spiro atoms. The Bertz CT molecular complexity index is 655. The van der Waals surface area contributed by atoms with Gasteiger partial charge in [0.2, 0.25) is 0 Å². The van der Waals surface area contributed by atoms with Crippen LogP contribution in [0, 0.1) is 5.41 Å². The van der Waals surface area contributed by atoms with Crippen molar-refractivity contribution in [2.75, 3.05) is 38.6 Å². The maximum Gasteiger partial charge on any atom is 0.404 e. The Morgan fingerprint density at radius 2 is 1.68 bits per heavy atom. The molecule has 0 bridgehead atoms. The van der Waals surface area contributed by atoms with Crippen molar-refractivity contribution in [3.05, 3.63) is 29.8 Å². The van der Waals surface area contributed by atoms with Gasteiger partial charge in [0.05, 0.1) is 0 Å². The smallest absolute Gasteiger partial charge is 0.378 e. The predicted molar refractivity (Wildman–Crippen MR) is 93.2 cm³/mol. The number of aryl methyl sites for hydroxylation is 1. The number of benzene rings is 1. The lowest BCUT2D eigenvalue weighted by molar-refractivity contribution is -0.334. The highest BCUT2D eigenvalue weighted by atomic mass is 19.4. The van der Waals surface area contributed by atoms with E-state index < -0.39 is 43.3 Å². The van der Waals surface area contributed by atoms with E-state index in [0.29, 0.717) is 17.7 Å². The van der Waals surface area contributed by atoms with Crippen LogP contribution in [0.1, 0.15) is 18.4 Å². The van der Waals surface area contributed by atoms with Gasteiger partial charge in [-0.15, -0.1) is 0 Å². The first-order valence-corrected chi connectivity index (χ1v) is 8.80. The second kappa shape index (κ2) is 8.08. The van der Waals surface area contributed by atoms with E-state index in [0.717, 1.165) is 11.3 Å². The average Bonchev–Trinajstić information content (AvgIpc) is 3.06. The fourth-order valence-corrected chi connectivity index (χ4v) is 3.17. The highest BCUT2D eigenvalue weighted by Gasteiger charge is 2.72. The van der Waals surface area contributed by atoms with Crippen LogP contribution in [0.3, 0.4) is 0 Å². The molecule has 1 aromatic rings. The second-order valence-corrected chi connectivity index (χ2v) is 7.15. The molecule has 0 radical (unpaired) electrons. The normalized spacial score (nSPS) is 16.9. The quantitative estimate of drug-likeness (QED) is 0.582. The van der Waals surface area contributed by atoms with E-state index in [-0.39, 0.29) is 6.54 Å². The number of halogens is 6. The number of amides is 2. The van der Waals surface area contributed by atoms with Gasteiger partial charge in [-0.25, -0.2) is 4.79 Å². The lowest BCUT2D eigenvalue weighted by Crippen LogP contribution is -2.52. The van der Waals surface area contributed by atoms with E-state index in [9.17, 15) is 31.1 Å². The minimum Gasteiger partial charge on any atom is -0.378 e. The number of urea groups is 1. The molecule has 0 unspecified atom stereocenters. The molecule has 28 heavy (non-hydrogen) atoms. The molecule has 1 aliphatic rings. The summed E-state index contributed by atoms with van der Waals surface area (Å²) in [7, 11) is 3.82. The van der Waals surface area contributed by atoms with Crippen molar-refractivity contribution in [2.24, 2.45) is 5.41 Å². The first-order chi connectivity index (χ1) is 12.9. The zero-order valence-corrected chi connectivity index (χ0v) is 15.6. The van der Waals surface area contributed by atoms with Gasteiger partial charge in [0.1, 0.15) is 0 Å². The number of nitrogens with zero attached hydrogens (tertiary/aromatic N) is 2. The molecule has 10 heteroatoms. The Kier molecular flexibility index (Phi) is 6.40. The highest BCUT2D eigenvalue weighted by Crippen LogP contribution is 2.55. The molecule has 4 nitrogen and oxygen atoms in total. The summed E-state index contributed by atoms with van der Waals surface area (Å²) in [5, 5.41) is 2.41. The van der Waals surface area contributed by atoms with Crippen molar-refractivity contribution in [3.8, 4) is 0 Å². The van der Waals surface area contributed by atoms with Gasteiger partial charge in [-0.3, -0.25) is 0 Å². The number of nitrogens with one attached hydrogen (secondary N) is 1. The number of hydrogen-bond acceptors (Lipinski definition) is 2. The second-order valence-electron chi connectivity index (χ2n) is 7.15. The Morgan fingerprint density at radius 3 is 2.14 bits per heavy atom. The van der Waals surface area contributed by atoms with Gasteiger partial charge in [-0.05, 0) is 37.0 Å². The zero-order chi connectivity index (χ0) is 21.2. The van der Waals surface area contributed by atoms with Gasteiger partial charge in [-0.1, -0.05) is 12.1 Å². The van der Waals surface area contributed by atoms with Crippen LogP contribution in [0.4, 0.5) is 36.8 Å². The Morgan fingerprint density at radius 1 is 1.11 bits per heavy atom. The van der Waals surface area contributed by atoms with Gasteiger partial charge in [-0.2, -0.15) is 26.3 Å². The Hall–Kier alpha value is -2.13. The lowest BCUT2D eigenvalue weighted by atomic mass is 9.85. The minimum absolute atomic E-state index is 0.163. The summed E-state index contributed by atoms with van der Waals surface area (Å²) in [6, 6.07) is 6.83. The number of likely N-dealkylation sites (tertiary alicyclic amines) is 1. The molecule has 0 aromatic heterocycles. The molecule has 1 aromatic carbocycles. The van der Waals surface area contributed by atoms with Gasteiger partial charge < -0.3 is 15.1 Å². The summed E-state index contributed by atoms with van der Waals surface area (Å²) < 4.78 is 78.2. The van der Waals surface area contributed by atoms with Crippen molar-refractivity contribution in [2.45, 2.75) is 31.6 Å². The Labute approximate surface area is 159 Å². The topological polar surface area (TPSA) is 35.6 Å². The SMILES string of the molecule is CN(C)c1ccc(CCCNC(=O)N2CCC(C(F)(F)F)(C(F)(F)F)C2)cc1. The van der Waals surface area contributed by atoms with Crippen molar-refractivity contribution in [1.29, 1.82) is 0 Å². The standard InChI is InChI=1S/C18H23F6N3O/c1-26(2)14-7-5-13(6-8-14)4-3-10-25-15(28)27-11-9-16(12-27,17(19,20)21)18(22,23)24/h5-8H,3-4,9-12H2,1-2H3,(H,25,28). The predicted octanol–water partition coefficient (Wildman–Crippen LogP) is 4.21. The van der Waals surface area contributed by atoms with Crippen molar-refractivity contribution < 1.29 is 31.1 Å². The molecule has 0 saturated carbocycles. The largest absolute Gasteiger partial charge is 0.404 e. The number of anilines is 1. The fraction of sp³-hybridized carbons (Fsp3) is 0.611. The van der Waals surface area contributed by atoms with E-state index in [2.05, 4.69) is 5.32 Å². The van der Waals surface area contributed by atoms with E-state index >= 15 is 0 Å². The first kappa shape index (κ1) is 22.2. The summed E-state index contributed by atoms with van der Waals surface area (Å²) >= 11 is 0. The van der Waals surface area contributed by atoms with E-state index in [4.69, 9.17) is 0 Å². The summed E-state index contributed by atoms with van der Waals surface area (Å²) in [4.78, 5) is 14.5. The maximum absolute atomic E-state index is 13.0. The van der Waals surface area contributed by atoms with Crippen molar-refractivity contribution in [1.82, 2.24) is 10.2 Å². The van der Waals surface area contributed by atoms with Crippen LogP contribution in [0.5, 0.6) is 0 Å². The molecule has 2 rings (SSSR count). The molecule has 1 saturated heterocycles. The molecule has 1 fully saturated rings. The van der Waals surface area contributed by atoms with E-state index in [1.54, 1.807) is 0 Å². The van der Waals surface area contributed by atoms with Crippen LogP contribution in [0.25, 0.3) is 0 Å². The summed E-state index contributed by atoms with van der Waals surface area (Å²) in [5.41, 5.74) is -1.80. The molecule has 1 N–H and O–H groups in total. The third-order valence-electron chi connectivity index (χ3n) is 5.01. The highest BCUT2D eigenvalue weighted by molar-refractivity contribution is 5.74. The lowest BCUT2D eigenvalue weighted by Gasteiger charge is -2.33. The number of carbonyl (C=O) groups excluding carboxylic acids is 1. The molecule has 2 amide bonds. The number of alkyl halides is 6. The number of carbonyl (C=O) groups is 1. The number of rotatable bonds is 5. The van der Waals surface area contributed by atoms with Crippen LogP contribution in [-0.4, -0.2) is 57.0 Å². The average molecular weight is 411 g/mol. The molecule has 0 aliphatic carbocycles. The van der Waals surface area contributed by atoms with Gasteiger partial charge in [0, 0.05) is 39.4 Å². The third kappa shape index (κ3) is 4.64. The zero-order valence-electron chi connectivity index (χ0n) is 15.6. The van der Waals surface area contributed by atoms with Crippen LogP contribution >= 0.6 is 0 Å². The number of hydrogen-bond donors (Lipinski definition) is 1. The summed E-state index contributed by atoms with van der Waals surface area (Å²) in [6.07, 6.45) is -10.9. The molecular weight excluding hydrogens is 388 g/mol. The molecule has 0 atom stereocenters. The van der Waals surface area contributed by atoms with Crippen LogP contribution < -0.4 is 10.2 Å². The molecular formula is C18H23F6N3O. The molecule has 1 aliphatic heterocycles. The fourth-order valence-electron chi connectivity index (χ4n) is 3.17.